The van der Waals surface area contributed by atoms with E-state index in [-0.39, 0.29) is 29.4 Å². The largest absolute Gasteiger partial charge is 0.395 e. The molecule has 3 N–H and O–H groups in total. The minimum absolute atomic E-state index is 0.0515. The summed E-state index contributed by atoms with van der Waals surface area (Å²) >= 11 is 0. The highest BCUT2D eigenvalue weighted by atomic mass is 32.2. The molecule has 0 aromatic heterocycles. The molecule has 0 bridgehead atoms. The van der Waals surface area contributed by atoms with Gasteiger partial charge in [0, 0.05) is 18.7 Å². The predicted molar refractivity (Wildman–Crippen MR) is 105 cm³/mol. The van der Waals surface area contributed by atoms with E-state index in [9.17, 15) is 18.5 Å². The normalized spacial score (nSPS) is 11.3. The topological polar surface area (TPSA) is 122 Å². The molecule has 0 aliphatic heterocycles. The first-order valence-corrected chi connectivity index (χ1v) is 9.80. The second kappa shape index (κ2) is 7.93. The molecule has 0 saturated carbocycles. The summed E-state index contributed by atoms with van der Waals surface area (Å²) in [5, 5.41) is 22.9. The van der Waals surface area contributed by atoms with E-state index in [0.29, 0.717) is 16.8 Å². The number of aliphatic hydroxyl groups excluding tert-OH is 1. The lowest BCUT2D eigenvalue weighted by molar-refractivity contribution is -0.384. The van der Waals surface area contributed by atoms with Crippen molar-refractivity contribution in [2.45, 2.75) is 32.6 Å². The number of hydrogen-bond donors (Lipinski definition) is 3. The SMILES string of the molecule is Cc1cc(C)c(C)c(S(=O)(=O)Nc2cc([N+](=O)[O-])ccc2NCCO)c1C. The molecule has 0 amide bonds. The Balaban J connectivity index is 2.58. The Kier molecular flexibility index (Phi) is 6.07. The average Bonchev–Trinajstić information content (AvgIpc) is 2.58. The lowest BCUT2D eigenvalue weighted by atomic mass is 10.0. The molecule has 0 unspecified atom stereocenters. The predicted octanol–water partition coefficient (Wildman–Crippen LogP) is 3.03. The highest BCUT2D eigenvalue weighted by Crippen LogP contribution is 2.32. The zero-order valence-corrected chi connectivity index (χ0v) is 16.5. The molecular weight excluding hydrogens is 370 g/mol. The number of sulfonamides is 1. The van der Waals surface area contributed by atoms with E-state index in [1.807, 2.05) is 19.9 Å². The number of aliphatic hydroxyl groups is 1. The molecule has 146 valence electrons. The summed E-state index contributed by atoms with van der Waals surface area (Å²) in [6.07, 6.45) is 0. The van der Waals surface area contributed by atoms with Crippen LogP contribution < -0.4 is 10.0 Å². The molecule has 0 spiro atoms. The Morgan fingerprint density at radius 3 is 2.15 bits per heavy atom. The number of nitrogens with one attached hydrogen (secondary N) is 2. The maximum absolute atomic E-state index is 13.1. The highest BCUT2D eigenvalue weighted by Gasteiger charge is 2.24. The first-order valence-electron chi connectivity index (χ1n) is 8.32. The molecule has 0 atom stereocenters. The van der Waals surface area contributed by atoms with Crippen molar-refractivity contribution in [1.82, 2.24) is 0 Å². The van der Waals surface area contributed by atoms with Crippen LogP contribution in [0.5, 0.6) is 0 Å². The van der Waals surface area contributed by atoms with Crippen LogP contribution in [0, 0.1) is 37.8 Å². The van der Waals surface area contributed by atoms with E-state index >= 15 is 0 Å². The van der Waals surface area contributed by atoms with Crippen molar-refractivity contribution in [3.8, 4) is 0 Å². The van der Waals surface area contributed by atoms with Crippen molar-refractivity contribution in [2.75, 3.05) is 23.2 Å². The van der Waals surface area contributed by atoms with E-state index in [0.717, 1.165) is 17.2 Å². The van der Waals surface area contributed by atoms with Gasteiger partial charge in [-0.05, 0) is 56.0 Å². The number of nitrogens with zero attached hydrogens (tertiary/aromatic N) is 1. The van der Waals surface area contributed by atoms with Crippen LogP contribution >= 0.6 is 0 Å². The van der Waals surface area contributed by atoms with Crippen LogP contribution in [0.2, 0.25) is 0 Å². The lowest BCUT2D eigenvalue weighted by Crippen LogP contribution is -2.18. The molecule has 27 heavy (non-hydrogen) atoms. The summed E-state index contributed by atoms with van der Waals surface area (Å²) in [6.45, 7) is 7.14. The second-order valence-corrected chi connectivity index (χ2v) is 7.95. The van der Waals surface area contributed by atoms with E-state index in [1.54, 1.807) is 13.8 Å². The van der Waals surface area contributed by atoms with Crippen LogP contribution in [-0.4, -0.2) is 31.6 Å². The molecule has 9 heteroatoms. The fourth-order valence-electron chi connectivity index (χ4n) is 2.85. The zero-order chi connectivity index (χ0) is 20.4. The average molecular weight is 393 g/mol. The van der Waals surface area contributed by atoms with E-state index in [2.05, 4.69) is 10.0 Å². The quantitative estimate of drug-likeness (QED) is 0.491. The maximum atomic E-state index is 13.1. The molecule has 0 aliphatic carbocycles. The molecular formula is C18H23N3O5S. The van der Waals surface area contributed by atoms with Gasteiger partial charge in [0.2, 0.25) is 0 Å². The summed E-state index contributed by atoms with van der Waals surface area (Å²) in [5.41, 5.74) is 3.10. The third-order valence-corrected chi connectivity index (χ3v) is 6.09. The Bertz CT molecular complexity index is 961. The molecule has 0 saturated heterocycles. The molecule has 2 aromatic carbocycles. The summed E-state index contributed by atoms with van der Waals surface area (Å²) in [7, 11) is -3.98. The van der Waals surface area contributed by atoms with Crippen LogP contribution in [0.3, 0.4) is 0 Å². The third-order valence-electron chi connectivity index (χ3n) is 4.45. The number of aryl methyl sites for hydroxylation is 2. The molecule has 0 aliphatic rings. The number of nitro benzene ring substituents is 1. The standard InChI is InChI=1S/C18H23N3O5S/c1-11-9-12(2)14(4)18(13(11)3)27(25,26)20-17-10-15(21(23)24)5-6-16(17)19-7-8-22/h5-6,9-10,19-20,22H,7-8H2,1-4H3. The van der Waals surface area contributed by atoms with Crippen LogP contribution in [0.15, 0.2) is 29.2 Å². The van der Waals surface area contributed by atoms with Crippen molar-refractivity contribution < 1.29 is 18.4 Å². The van der Waals surface area contributed by atoms with Crippen molar-refractivity contribution in [1.29, 1.82) is 0 Å². The summed E-state index contributed by atoms with van der Waals surface area (Å²) < 4.78 is 28.7. The van der Waals surface area contributed by atoms with Gasteiger partial charge in [0.05, 0.1) is 27.8 Å². The fourth-order valence-corrected chi connectivity index (χ4v) is 4.54. The lowest BCUT2D eigenvalue weighted by Gasteiger charge is -2.18. The molecule has 8 nitrogen and oxygen atoms in total. The van der Waals surface area contributed by atoms with E-state index in [1.165, 1.54) is 12.1 Å². The van der Waals surface area contributed by atoms with Gasteiger partial charge in [-0.25, -0.2) is 8.42 Å². The second-order valence-electron chi connectivity index (χ2n) is 6.33. The minimum Gasteiger partial charge on any atom is -0.395 e. The van der Waals surface area contributed by atoms with Crippen molar-refractivity contribution >= 4 is 27.1 Å². The third kappa shape index (κ3) is 4.37. The van der Waals surface area contributed by atoms with E-state index in [4.69, 9.17) is 5.11 Å². The van der Waals surface area contributed by atoms with Crippen LogP contribution in [-0.2, 0) is 10.0 Å². The van der Waals surface area contributed by atoms with Gasteiger partial charge < -0.3 is 10.4 Å². The highest BCUT2D eigenvalue weighted by molar-refractivity contribution is 7.92. The minimum atomic E-state index is -3.98. The Labute approximate surface area is 158 Å². The Morgan fingerprint density at radius 2 is 1.63 bits per heavy atom. The first-order chi connectivity index (χ1) is 12.6. The molecule has 0 fully saturated rings. The summed E-state index contributed by atoms with van der Waals surface area (Å²) in [4.78, 5) is 10.6. The van der Waals surface area contributed by atoms with Gasteiger partial charge >= 0.3 is 0 Å². The van der Waals surface area contributed by atoms with Gasteiger partial charge in [0.25, 0.3) is 15.7 Å². The van der Waals surface area contributed by atoms with Crippen LogP contribution in [0.1, 0.15) is 22.3 Å². The molecule has 2 rings (SSSR count). The Morgan fingerprint density at radius 1 is 1.04 bits per heavy atom. The van der Waals surface area contributed by atoms with Gasteiger partial charge in [-0.1, -0.05) is 6.07 Å². The smallest absolute Gasteiger partial charge is 0.271 e. The first kappa shape index (κ1) is 20.7. The van der Waals surface area contributed by atoms with Gasteiger partial charge in [-0.3, -0.25) is 14.8 Å². The van der Waals surface area contributed by atoms with Gasteiger partial charge in [-0.15, -0.1) is 0 Å². The molecule has 0 radical (unpaired) electrons. The summed E-state index contributed by atoms with van der Waals surface area (Å²) in [6, 6.07) is 5.76. The van der Waals surface area contributed by atoms with Gasteiger partial charge in [0.15, 0.2) is 0 Å². The van der Waals surface area contributed by atoms with E-state index < -0.39 is 14.9 Å². The van der Waals surface area contributed by atoms with Crippen molar-refractivity contribution in [3.05, 3.63) is 56.6 Å². The number of non-ortho nitro benzene ring substituents is 1. The Hall–Kier alpha value is -2.65. The zero-order valence-electron chi connectivity index (χ0n) is 15.7. The van der Waals surface area contributed by atoms with Gasteiger partial charge in [0.1, 0.15) is 0 Å². The number of benzene rings is 2. The maximum Gasteiger partial charge on any atom is 0.271 e. The van der Waals surface area contributed by atoms with Crippen LogP contribution in [0.4, 0.5) is 17.1 Å². The van der Waals surface area contributed by atoms with Gasteiger partial charge in [-0.2, -0.15) is 0 Å². The number of nitro groups is 1. The van der Waals surface area contributed by atoms with Crippen molar-refractivity contribution in [3.63, 3.8) is 0 Å². The molecule has 2 aromatic rings. The van der Waals surface area contributed by atoms with Crippen LogP contribution in [0.25, 0.3) is 0 Å². The summed E-state index contributed by atoms with van der Waals surface area (Å²) in [5.74, 6) is 0. The monoisotopic (exact) mass is 393 g/mol. The number of rotatable bonds is 7. The fraction of sp³-hybridized carbons (Fsp3) is 0.333. The number of anilines is 2. The van der Waals surface area contributed by atoms with Crippen molar-refractivity contribution in [2.24, 2.45) is 0 Å². The molecule has 0 heterocycles. The number of hydrogen-bond acceptors (Lipinski definition) is 6.